The third-order valence-corrected chi connectivity index (χ3v) is 5.43. The second-order valence-corrected chi connectivity index (χ2v) is 7.21. The van der Waals surface area contributed by atoms with E-state index in [2.05, 4.69) is 57.2 Å². The summed E-state index contributed by atoms with van der Waals surface area (Å²) in [7, 11) is 1.69. The molecule has 1 aliphatic heterocycles. The molecule has 4 rings (SSSR count). The molecule has 6 heteroatoms. The molecule has 1 aromatic carbocycles. The molecule has 0 saturated carbocycles. The number of hydrogen-bond donors (Lipinski definition) is 1. The van der Waals surface area contributed by atoms with E-state index in [1.165, 1.54) is 5.69 Å². The highest BCUT2D eigenvalue weighted by Gasteiger charge is 2.40. The first kappa shape index (κ1) is 18.5. The lowest BCUT2D eigenvalue weighted by Gasteiger charge is -2.28. The maximum Gasteiger partial charge on any atom is 0.170 e. The van der Waals surface area contributed by atoms with Gasteiger partial charge < -0.3 is 19.5 Å². The Balaban J connectivity index is 1.80. The first-order valence-electron chi connectivity index (χ1n) is 9.52. The van der Waals surface area contributed by atoms with Crippen molar-refractivity contribution in [2.24, 2.45) is 0 Å². The lowest BCUT2D eigenvalue weighted by molar-refractivity contribution is 0.309. The van der Waals surface area contributed by atoms with Crippen LogP contribution in [0, 0.1) is 0 Å². The monoisotopic (exact) mass is 392 g/mol. The lowest BCUT2D eigenvalue weighted by atomic mass is 10.0. The maximum atomic E-state index is 5.69. The highest BCUT2D eigenvalue weighted by Crippen LogP contribution is 2.39. The first-order chi connectivity index (χ1) is 13.7. The van der Waals surface area contributed by atoms with Crippen molar-refractivity contribution in [3.05, 3.63) is 78.4 Å². The standard InChI is InChI=1S/C22H24N4OS/c1-3-13-26-21(20(24-22(26)28)18-10-4-5-12-23-18)19-11-7-14-25(19)16-8-6-9-17(15-16)27-2/h4-12,14-15,20-21H,3,13H2,1-2H3,(H,24,28)/t20-,21-/m0/s1. The number of nitrogens with one attached hydrogen (secondary N) is 1. The number of methoxy groups -OCH3 is 1. The molecule has 144 valence electrons. The first-order valence-corrected chi connectivity index (χ1v) is 9.93. The molecule has 0 bridgehead atoms. The largest absolute Gasteiger partial charge is 0.497 e. The molecule has 0 spiro atoms. The molecule has 1 saturated heterocycles. The van der Waals surface area contributed by atoms with E-state index in [9.17, 15) is 0 Å². The van der Waals surface area contributed by atoms with Crippen LogP contribution in [0.1, 0.15) is 36.8 Å². The van der Waals surface area contributed by atoms with Crippen molar-refractivity contribution in [1.29, 1.82) is 0 Å². The van der Waals surface area contributed by atoms with Crippen LogP contribution in [0.15, 0.2) is 67.0 Å². The number of hydrogen-bond acceptors (Lipinski definition) is 3. The predicted molar refractivity (Wildman–Crippen MR) is 115 cm³/mol. The summed E-state index contributed by atoms with van der Waals surface area (Å²) in [5.74, 6) is 0.837. The highest BCUT2D eigenvalue weighted by molar-refractivity contribution is 7.80. The SMILES string of the molecule is CCCN1C(=S)N[C@@H](c2ccccn2)[C@@H]1c1cccn1-c1cccc(OC)c1. The summed E-state index contributed by atoms with van der Waals surface area (Å²) >= 11 is 5.69. The minimum Gasteiger partial charge on any atom is -0.497 e. The van der Waals surface area contributed by atoms with Crippen molar-refractivity contribution in [2.45, 2.75) is 25.4 Å². The molecule has 2 aromatic heterocycles. The van der Waals surface area contributed by atoms with Crippen LogP contribution in [0.2, 0.25) is 0 Å². The molecule has 0 radical (unpaired) electrons. The predicted octanol–water partition coefficient (Wildman–Crippen LogP) is 4.26. The van der Waals surface area contributed by atoms with E-state index in [1.807, 2.05) is 36.5 Å². The lowest BCUT2D eigenvalue weighted by Crippen LogP contribution is -2.31. The zero-order chi connectivity index (χ0) is 19.5. The zero-order valence-corrected chi connectivity index (χ0v) is 16.9. The third kappa shape index (κ3) is 3.36. The van der Waals surface area contributed by atoms with Crippen LogP contribution in [-0.2, 0) is 0 Å². The number of rotatable bonds is 6. The minimum absolute atomic E-state index is 0.000456. The van der Waals surface area contributed by atoms with Gasteiger partial charge in [0.25, 0.3) is 0 Å². The van der Waals surface area contributed by atoms with E-state index in [0.717, 1.165) is 35.2 Å². The van der Waals surface area contributed by atoms with Gasteiger partial charge in [-0.1, -0.05) is 19.1 Å². The zero-order valence-electron chi connectivity index (χ0n) is 16.1. The summed E-state index contributed by atoms with van der Waals surface area (Å²) < 4.78 is 7.63. The summed E-state index contributed by atoms with van der Waals surface area (Å²) in [6, 6.07) is 18.4. The normalized spacial score (nSPS) is 18.9. The molecule has 1 aliphatic rings. The van der Waals surface area contributed by atoms with Gasteiger partial charge in [-0.05, 0) is 55.0 Å². The number of nitrogens with zero attached hydrogens (tertiary/aromatic N) is 3. The van der Waals surface area contributed by atoms with Gasteiger partial charge in [0.15, 0.2) is 5.11 Å². The Morgan fingerprint density at radius 2 is 2.04 bits per heavy atom. The molecule has 3 heterocycles. The maximum absolute atomic E-state index is 5.69. The summed E-state index contributed by atoms with van der Waals surface area (Å²) in [6.45, 7) is 3.07. The molecule has 0 unspecified atom stereocenters. The fourth-order valence-corrected chi connectivity index (χ4v) is 4.17. The smallest absolute Gasteiger partial charge is 0.170 e. The second-order valence-electron chi connectivity index (χ2n) is 6.82. The van der Waals surface area contributed by atoms with Gasteiger partial charge in [-0.2, -0.15) is 0 Å². The van der Waals surface area contributed by atoms with Crippen LogP contribution in [-0.4, -0.2) is 33.2 Å². The fraction of sp³-hybridized carbons (Fsp3) is 0.273. The van der Waals surface area contributed by atoms with Crippen LogP contribution in [0.5, 0.6) is 5.75 Å². The molecule has 28 heavy (non-hydrogen) atoms. The van der Waals surface area contributed by atoms with Gasteiger partial charge >= 0.3 is 0 Å². The van der Waals surface area contributed by atoms with Gasteiger partial charge in [0, 0.05) is 36.4 Å². The Hall–Kier alpha value is -2.86. The Kier molecular flexibility index (Phi) is 5.30. The minimum atomic E-state index is -0.000456. The Bertz CT molecular complexity index is 956. The number of ether oxygens (including phenoxy) is 1. The van der Waals surface area contributed by atoms with Gasteiger partial charge in [0.05, 0.1) is 24.9 Å². The van der Waals surface area contributed by atoms with E-state index in [-0.39, 0.29) is 12.1 Å². The molecular weight excluding hydrogens is 368 g/mol. The Morgan fingerprint density at radius 3 is 2.79 bits per heavy atom. The highest BCUT2D eigenvalue weighted by atomic mass is 32.1. The second kappa shape index (κ2) is 8.02. The Labute approximate surface area is 171 Å². The molecular formula is C22H24N4OS. The summed E-state index contributed by atoms with van der Waals surface area (Å²) in [5.41, 5.74) is 3.23. The van der Waals surface area contributed by atoms with Crippen molar-refractivity contribution in [3.63, 3.8) is 0 Å². The van der Waals surface area contributed by atoms with Crippen LogP contribution in [0.25, 0.3) is 5.69 Å². The van der Waals surface area contributed by atoms with Crippen LogP contribution in [0.4, 0.5) is 0 Å². The molecule has 0 aliphatic carbocycles. The fourth-order valence-electron chi connectivity index (χ4n) is 3.84. The summed E-state index contributed by atoms with van der Waals surface area (Å²) in [4.78, 5) is 6.88. The number of aromatic nitrogens is 2. The van der Waals surface area contributed by atoms with Gasteiger partial charge in [0.2, 0.25) is 0 Å². The van der Waals surface area contributed by atoms with Gasteiger partial charge in [-0.3, -0.25) is 4.98 Å². The van der Waals surface area contributed by atoms with E-state index >= 15 is 0 Å². The van der Waals surface area contributed by atoms with Crippen molar-refractivity contribution in [3.8, 4) is 11.4 Å². The van der Waals surface area contributed by atoms with Gasteiger partial charge in [0.1, 0.15) is 5.75 Å². The van der Waals surface area contributed by atoms with Crippen molar-refractivity contribution in [2.75, 3.05) is 13.7 Å². The van der Waals surface area contributed by atoms with Crippen molar-refractivity contribution in [1.82, 2.24) is 19.8 Å². The van der Waals surface area contributed by atoms with Crippen molar-refractivity contribution >= 4 is 17.3 Å². The van der Waals surface area contributed by atoms with E-state index in [1.54, 1.807) is 7.11 Å². The van der Waals surface area contributed by atoms with Gasteiger partial charge in [-0.15, -0.1) is 0 Å². The molecule has 3 aromatic rings. The quantitative estimate of drug-likeness (QED) is 0.635. The van der Waals surface area contributed by atoms with Crippen LogP contribution in [0.3, 0.4) is 0 Å². The average molecular weight is 393 g/mol. The average Bonchev–Trinajstić information content (AvgIpc) is 3.34. The molecule has 1 fully saturated rings. The third-order valence-electron chi connectivity index (χ3n) is 5.08. The Morgan fingerprint density at radius 1 is 1.14 bits per heavy atom. The van der Waals surface area contributed by atoms with Gasteiger partial charge in [-0.25, -0.2) is 0 Å². The van der Waals surface area contributed by atoms with Crippen molar-refractivity contribution < 1.29 is 4.74 Å². The summed E-state index contributed by atoms with van der Waals surface area (Å²) in [6.07, 6.45) is 4.94. The number of thiocarbonyl (C=S) groups is 1. The topological polar surface area (TPSA) is 42.3 Å². The molecule has 0 amide bonds. The van der Waals surface area contributed by atoms with E-state index in [4.69, 9.17) is 17.0 Å². The van der Waals surface area contributed by atoms with Crippen LogP contribution < -0.4 is 10.1 Å². The van der Waals surface area contributed by atoms with E-state index < -0.39 is 0 Å². The number of benzene rings is 1. The van der Waals surface area contributed by atoms with E-state index in [0.29, 0.717) is 0 Å². The number of pyridine rings is 1. The molecule has 1 N–H and O–H groups in total. The molecule has 2 atom stereocenters. The van der Waals surface area contributed by atoms with Crippen LogP contribution >= 0.6 is 12.2 Å². The molecule has 5 nitrogen and oxygen atoms in total. The summed E-state index contributed by atoms with van der Waals surface area (Å²) in [5, 5.41) is 4.28.